The Morgan fingerprint density at radius 2 is 1.93 bits per heavy atom. The van der Waals surface area contributed by atoms with Crippen LogP contribution in [0.5, 0.6) is 5.75 Å². The number of nitrogens with zero attached hydrogens (tertiary/aromatic N) is 1. The second-order valence-electron chi connectivity index (χ2n) is 6.67. The summed E-state index contributed by atoms with van der Waals surface area (Å²) in [4.78, 5) is 2.45. The van der Waals surface area contributed by atoms with E-state index in [4.69, 9.17) is 4.74 Å². The van der Waals surface area contributed by atoms with Gasteiger partial charge in [-0.15, -0.1) is 0 Å². The van der Waals surface area contributed by atoms with E-state index in [1.165, 1.54) is 20.0 Å². The van der Waals surface area contributed by atoms with Crippen LogP contribution in [-0.2, 0) is 16.6 Å². The first-order valence-corrected chi connectivity index (χ1v) is 10.6. The Morgan fingerprint density at radius 3 is 2.63 bits per heavy atom. The lowest BCUT2D eigenvalue weighted by molar-refractivity contribution is 0.282. The molecule has 2 aromatic carbocycles. The van der Waals surface area contributed by atoms with Gasteiger partial charge in [0.2, 0.25) is 10.0 Å². The molecule has 0 aromatic heterocycles. The van der Waals surface area contributed by atoms with Crippen molar-refractivity contribution in [3.05, 3.63) is 48.0 Å². The predicted molar refractivity (Wildman–Crippen MR) is 105 cm³/mol. The third-order valence-corrected chi connectivity index (χ3v) is 6.28. The number of aliphatic hydroxyl groups excluding tert-OH is 1. The van der Waals surface area contributed by atoms with Crippen LogP contribution < -0.4 is 9.46 Å². The molecule has 7 heteroatoms. The van der Waals surface area contributed by atoms with Gasteiger partial charge in [-0.3, -0.25) is 0 Å². The number of ether oxygens (including phenoxy) is 1. The van der Waals surface area contributed by atoms with Crippen LogP contribution >= 0.6 is 0 Å². The zero-order valence-electron chi connectivity index (χ0n) is 15.5. The molecule has 2 aromatic rings. The van der Waals surface area contributed by atoms with Crippen LogP contribution in [-0.4, -0.2) is 51.7 Å². The molecule has 1 aliphatic heterocycles. The Labute approximate surface area is 160 Å². The number of hydrogen-bond donors (Lipinski definition) is 2. The van der Waals surface area contributed by atoms with E-state index in [0.29, 0.717) is 12.3 Å². The van der Waals surface area contributed by atoms with E-state index >= 15 is 0 Å². The maximum absolute atomic E-state index is 12.6. The third kappa shape index (κ3) is 4.87. The number of likely N-dealkylation sites (tertiary alicyclic amines) is 1. The molecule has 146 valence electrons. The normalized spacial score (nSPS) is 15.2. The highest BCUT2D eigenvalue weighted by atomic mass is 32.2. The molecule has 0 unspecified atom stereocenters. The van der Waals surface area contributed by atoms with Crippen LogP contribution in [0.4, 0.5) is 0 Å². The Kier molecular flexibility index (Phi) is 6.49. The van der Waals surface area contributed by atoms with E-state index in [1.807, 2.05) is 24.3 Å². The lowest BCUT2D eigenvalue weighted by atomic mass is 10.0. The highest BCUT2D eigenvalue weighted by Crippen LogP contribution is 2.32. The van der Waals surface area contributed by atoms with Crippen LogP contribution in [0.2, 0.25) is 0 Å². The van der Waals surface area contributed by atoms with Crippen molar-refractivity contribution >= 4 is 10.0 Å². The van der Waals surface area contributed by atoms with Crippen molar-refractivity contribution in [3.63, 3.8) is 0 Å². The molecule has 6 nitrogen and oxygen atoms in total. The van der Waals surface area contributed by atoms with Gasteiger partial charge in [0.1, 0.15) is 5.75 Å². The molecule has 0 bridgehead atoms. The molecule has 0 aliphatic carbocycles. The minimum atomic E-state index is -3.59. The van der Waals surface area contributed by atoms with E-state index in [0.717, 1.165) is 36.3 Å². The molecule has 0 radical (unpaired) electrons. The maximum atomic E-state index is 12.6. The van der Waals surface area contributed by atoms with Crippen LogP contribution in [0, 0.1) is 0 Å². The lowest BCUT2D eigenvalue weighted by Gasteiger charge is -2.16. The van der Waals surface area contributed by atoms with Gasteiger partial charge < -0.3 is 14.7 Å². The smallest absolute Gasteiger partial charge is 0.240 e. The molecule has 1 fully saturated rings. The van der Waals surface area contributed by atoms with Crippen molar-refractivity contribution in [2.45, 2.75) is 24.3 Å². The molecule has 1 saturated heterocycles. The van der Waals surface area contributed by atoms with Crippen LogP contribution in [0.1, 0.15) is 18.4 Å². The minimum Gasteiger partial charge on any atom is -0.496 e. The molecule has 0 spiro atoms. The summed E-state index contributed by atoms with van der Waals surface area (Å²) in [5, 5.41) is 9.32. The molecule has 27 heavy (non-hydrogen) atoms. The fraction of sp³-hybridized carbons (Fsp3) is 0.400. The average Bonchev–Trinajstić information content (AvgIpc) is 3.20. The number of benzene rings is 2. The second kappa shape index (κ2) is 8.84. The number of sulfonamides is 1. The van der Waals surface area contributed by atoms with Crippen molar-refractivity contribution in [1.82, 2.24) is 9.62 Å². The number of methoxy groups -OCH3 is 1. The summed E-state index contributed by atoms with van der Waals surface area (Å²) in [5.74, 6) is 0.479. The minimum absolute atomic E-state index is 0.0520. The van der Waals surface area contributed by atoms with Crippen molar-refractivity contribution < 1.29 is 18.3 Å². The molecule has 0 saturated carbocycles. The standard InChI is InChI=1S/C20H26N2O4S/c1-26-20-14-18(27(24,25)21-9-12-22-10-2-3-11-22)7-8-19(20)17-6-4-5-16(13-17)15-23/h4-8,13-14,21,23H,2-3,9-12,15H2,1H3. The van der Waals surface area contributed by atoms with Gasteiger partial charge in [-0.1, -0.05) is 18.2 Å². The van der Waals surface area contributed by atoms with Gasteiger partial charge in [0.25, 0.3) is 0 Å². The van der Waals surface area contributed by atoms with Gasteiger partial charge in [-0.2, -0.15) is 0 Å². The van der Waals surface area contributed by atoms with Crippen molar-refractivity contribution in [2.75, 3.05) is 33.3 Å². The van der Waals surface area contributed by atoms with E-state index in [2.05, 4.69) is 9.62 Å². The van der Waals surface area contributed by atoms with Gasteiger partial charge in [-0.25, -0.2) is 13.1 Å². The van der Waals surface area contributed by atoms with E-state index in [9.17, 15) is 13.5 Å². The zero-order chi connectivity index (χ0) is 19.3. The topological polar surface area (TPSA) is 78.9 Å². The summed E-state index contributed by atoms with van der Waals surface area (Å²) >= 11 is 0. The average molecular weight is 391 g/mol. The monoisotopic (exact) mass is 390 g/mol. The van der Waals surface area contributed by atoms with Gasteiger partial charge in [0.15, 0.2) is 0 Å². The maximum Gasteiger partial charge on any atom is 0.240 e. The van der Waals surface area contributed by atoms with Gasteiger partial charge in [0.05, 0.1) is 18.6 Å². The number of aliphatic hydroxyl groups is 1. The van der Waals surface area contributed by atoms with Crippen LogP contribution in [0.3, 0.4) is 0 Å². The van der Waals surface area contributed by atoms with E-state index < -0.39 is 10.0 Å². The fourth-order valence-corrected chi connectivity index (χ4v) is 4.38. The first-order valence-electron chi connectivity index (χ1n) is 9.14. The molecule has 2 N–H and O–H groups in total. The van der Waals surface area contributed by atoms with Crippen molar-refractivity contribution in [1.29, 1.82) is 0 Å². The fourth-order valence-electron chi connectivity index (χ4n) is 3.34. The van der Waals surface area contributed by atoms with Crippen LogP contribution in [0.15, 0.2) is 47.4 Å². The summed E-state index contributed by atoms with van der Waals surface area (Å²) in [6.45, 7) is 3.14. The zero-order valence-corrected chi connectivity index (χ0v) is 16.3. The number of hydrogen-bond acceptors (Lipinski definition) is 5. The Balaban J connectivity index is 1.77. The van der Waals surface area contributed by atoms with Gasteiger partial charge in [-0.05, 0) is 55.3 Å². The van der Waals surface area contributed by atoms with Crippen LogP contribution in [0.25, 0.3) is 11.1 Å². The molecule has 0 atom stereocenters. The molecule has 3 rings (SSSR count). The Morgan fingerprint density at radius 1 is 1.15 bits per heavy atom. The van der Waals surface area contributed by atoms with Gasteiger partial charge >= 0.3 is 0 Å². The summed E-state index contributed by atoms with van der Waals surface area (Å²) in [5.41, 5.74) is 2.43. The molecule has 1 heterocycles. The lowest BCUT2D eigenvalue weighted by Crippen LogP contribution is -2.33. The Hall–Kier alpha value is -1.93. The van der Waals surface area contributed by atoms with E-state index in [-0.39, 0.29) is 11.5 Å². The second-order valence-corrected chi connectivity index (χ2v) is 8.43. The molecule has 1 aliphatic rings. The molecular weight excluding hydrogens is 364 g/mol. The predicted octanol–water partition coefficient (Wildman–Crippen LogP) is 2.23. The first kappa shape index (κ1) is 19.8. The van der Waals surface area contributed by atoms with Gasteiger partial charge in [0, 0.05) is 24.7 Å². The summed E-state index contributed by atoms with van der Waals surface area (Å²) in [6, 6.07) is 12.3. The summed E-state index contributed by atoms with van der Waals surface area (Å²) < 4.78 is 33.3. The first-order chi connectivity index (χ1) is 13.0. The number of rotatable bonds is 8. The Bertz CT molecular complexity index is 877. The highest BCUT2D eigenvalue weighted by molar-refractivity contribution is 7.89. The third-order valence-electron chi connectivity index (χ3n) is 4.82. The van der Waals surface area contributed by atoms with E-state index in [1.54, 1.807) is 18.2 Å². The van der Waals surface area contributed by atoms with Crippen molar-refractivity contribution in [2.24, 2.45) is 0 Å². The SMILES string of the molecule is COc1cc(S(=O)(=O)NCCN2CCCC2)ccc1-c1cccc(CO)c1. The largest absolute Gasteiger partial charge is 0.496 e. The quantitative estimate of drug-likeness (QED) is 0.723. The highest BCUT2D eigenvalue weighted by Gasteiger charge is 2.18. The summed E-state index contributed by atoms with van der Waals surface area (Å²) in [7, 11) is -2.07. The summed E-state index contributed by atoms with van der Waals surface area (Å²) in [6.07, 6.45) is 2.37. The molecular formula is C20H26N2O4S. The molecule has 0 amide bonds. The van der Waals surface area contributed by atoms with Crippen molar-refractivity contribution in [3.8, 4) is 16.9 Å². The number of nitrogens with one attached hydrogen (secondary N) is 1.